The second-order valence-corrected chi connectivity index (χ2v) is 5.75. The zero-order valence-electron chi connectivity index (χ0n) is 11.1. The highest BCUT2D eigenvalue weighted by molar-refractivity contribution is 7.11. The molecule has 1 saturated heterocycles. The molecule has 0 aliphatic carbocycles. The first-order chi connectivity index (χ1) is 8.72. The summed E-state index contributed by atoms with van der Waals surface area (Å²) >= 11 is 1.75. The Labute approximate surface area is 124 Å². The SMILES string of the molecule is CCc1ccc(CNC(=O)[C@@H]2CC[C@H](CN)O2)s1.Cl. The molecule has 19 heavy (non-hydrogen) atoms. The van der Waals surface area contributed by atoms with E-state index in [2.05, 4.69) is 24.4 Å². The Morgan fingerprint density at radius 1 is 1.47 bits per heavy atom. The standard InChI is InChI=1S/C13H20N2O2S.ClH/c1-2-10-4-5-11(18-10)8-15-13(16)12-6-3-9(7-14)17-12;/h4-5,9,12H,2-3,6-8,14H2,1H3,(H,15,16);1H/t9-,12+;/m1./s1. The molecule has 3 N–H and O–H groups in total. The number of rotatable bonds is 5. The molecule has 0 bridgehead atoms. The first-order valence-corrected chi connectivity index (χ1v) is 7.25. The number of thiophene rings is 1. The highest BCUT2D eigenvalue weighted by atomic mass is 35.5. The van der Waals surface area contributed by atoms with Crippen LogP contribution in [0.4, 0.5) is 0 Å². The number of carbonyl (C=O) groups is 1. The van der Waals surface area contributed by atoms with Gasteiger partial charge in [0.25, 0.3) is 0 Å². The second-order valence-electron chi connectivity index (χ2n) is 4.50. The number of carbonyl (C=O) groups excluding carboxylic acids is 1. The Hall–Kier alpha value is -0.620. The van der Waals surface area contributed by atoms with Crippen LogP contribution < -0.4 is 11.1 Å². The number of nitrogens with one attached hydrogen (secondary N) is 1. The van der Waals surface area contributed by atoms with Gasteiger partial charge in [0.1, 0.15) is 6.10 Å². The van der Waals surface area contributed by atoms with Gasteiger partial charge in [-0.15, -0.1) is 23.7 Å². The van der Waals surface area contributed by atoms with E-state index >= 15 is 0 Å². The van der Waals surface area contributed by atoms with Crippen LogP contribution in [0.2, 0.25) is 0 Å². The Balaban J connectivity index is 0.00000180. The smallest absolute Gasteiger partial charge is 0.249 e. The summed E-state index contributed by atoms with van der Waals surface area (Å²) in [6.07, 6.45) is 2.44. The van der Waals surface area contributed by atoms with Crippen molar-refractivity contribution < 1.29 is 9.53 Å². The minimum atomic E-state index is -0.316. The highest BCUT2D eigenvalue weighted by Gasteiger charge is 2.29. The number of ether oxygens (including phenoxy) is 1. The molecule has 1 fully saturated rings. The molecule has 1 aromatic heterocycles. The minimum absolute atomic E-state index is 0. The lowest BCUT2D eigenvalue weighted by Gasteiger charge is -2.12. The van der Waals surface area contributed by atoms with Gasteiger partial charge in [0, 0.05) is 16.3 Å². The second kappa shape index (κ2) is 7.85. The van der Waals surface area contributed by atoms with Gasteiger partial charge in [-0.3, -0.25) is 4.79 Å². The summed E-state index contributed by atoms with van der Waals surface area (Å²) in [5.74, 6) is -0.0163. The quantitative estimate of drug-likeness (QED) is 0.872. The lowest BCUT2D eigenvalue weighted by atomic mass is 10.2. The van der Waals surface area contributed by atoms with E-state index in [1.807, 2.05) is 0 Å². The number of halogens is 1. The van der Waals surface area contributed by atoms with E-state index in [4.69, 9.17) is 10.5 Å². The van der Waals surface area contributed by atoms with Gasteiger partial charge >= 0.3 is 0 Å². The molecule has 4 nitrogen and oxygen atoms in total. The monoisotopic (exact) mass is 304 g/mol. The third-order valence-electron chi connectivity index (χ3n) is 3.17. The van der Waals surface area contributed by atoms with Crippen molar-refractivity contribution in [1.82, 2.24) is 5.32 Å². The van der Waals surface area contributed by atoms with Crippen molar-refractivity contribution in [2.24, 2.45) is 5.73 Å². The van der Waals surface area contributed by atoms with Crippen LogP contribution in [0, 0.1) is 0 Å². The fourth-order valence-corrected chi connectivity index (χ4v) is 2.96. The third-order valence-corrected chi connectivity index (χ3v) is 4.40. The molecule has 1 aliphatic heterocycles. The fourth-order valence-electron chi connectivity index (χ4n) is 2.07. The number of nitrogens with two attached hydrogens (primary N) is 1. The summed E-state index contributed by atoms with van der Waals surface area (Å²) in [6.45, 7) is 3.22. The molecule has 108 valence electrons. The van der Waals surface area contributed by atoms with Crippen molar-refractivity contribution >= 4 is 29.7 Å². The predicted molar refractivity (Wildman–Crippen MR) is 79.7 cm³/mol. The van der Waals surface area contributed by atoms with E-state index in [1.165, 1.54) is 9.75 Å². The number of aryl methyl sites for hydroxylation is 1. The Kier molecular flexibility index (Phi) is 6.79. The van der Waals surface area contributed by atoms with Crippen LogP contribution in [0.15, 0.2) is 12.1 Å². The maximum Gasteiger partial charge on any atom is 0.249 e. The summed E-state index contributed by atoms with van der Waals surface area (Å²) in [5, 5.41) is 2.93. The van der Waals surface area contributed by atoms with Crippen LogP contribution in [0.3, 0.4) is 0 Å². The van der Waals surface area contributed by atoms with Gasteiger partial charge < -0.3 is 15.8 Å². The third kappa shape index (κ3) is 4.45. The molecule has 2 rings (SSSR count). The van der Waals surface area contributed by atoms with Gasteiger partial charge in [-0.2, -0.15) is 0 Å². The fraction of sp³-hybridized carbons (Fsp3) is 0.615. The molecule has 0 radical (unpaired) electrons. The zero-order valence-corrected chi connectivity index (χ0v) is 12.7. The maximum atomic E-state index is 11.9. The molecule has 1 amide bonds. The predicted octanol–water partition coefficient (Wildman–Crippen LogP) is 1.85. The van der Waals surface area contributed by atoms with Crippen LogP contribution in [0.25, 0.3) is 0 Å². The summed E-state index contributed by atoms with van der Waals surface area (Å²) in [4.78, 5) is 14.4. The van der Waals surface area contributed by atoms with Crippen LogP contribution in [-0.4, -0.2) is 24.7 Å². The van der Waals surface area contributed by atoms with Gasteiger partial charge in [0.05, 0.1) is 12.6 Å². The minimum Gasteiger partial charge on any atom is -0.364 e. The average Bonchev–Trinajstić information content (AvgIpc) is 3.04. The number of hydrogen-bond acceptors (Lipinski definition) is 4. The van der Waals surface area contributed by atoms with Crippen molar-refractivity contribution in [3.05, 3.63) is 21.9 Å². The Bertz CT molecular complexity index is 411. The van der Waals surface area contributed by atoms with Crippen molar-refractivity contribution in [2.75, 3.05) is 6.54 Å². The van der Waals surface area contributed by atoms with Gasteiger partial charge in [0.15, 0.2) is 0 Å². The van der Waals surface area contributed by atoms with Crippen LogP contribution >= 0.6 is 23.7 Å². The van der Waals surface area contributed by atoms with E-state index in [0.29, 0.717) is 13.1 Å². The molecule has 1 aliphatic rings. The van der Waals surface area contributed by atoms with E-state index in [9.17, 15) is 4.79 Å². The first-order valence-electron chi connectivity index (χ1n) is 6.43. The van der Waals surface area contributed by atoms with Crippen molar-refractivity contribution in [3.8, 4) is 0 Å². The molecule has 6 heteroatoms. The summed E-state index contributed by atoms with van der Waals surface area (Å²) in [5.41, 5.74) is 5.52. The van der Waals surface area contributed by atoms with Crippen LogP contribution in [-0.2, 0) is 22.5 Å². The van der Waals surface area contributed by atoms with Crippen LogP contribution in [0.1, 0.15) is 29.5 Å². The van der Waals surface area contributed by atoms with Gasteiger partial charge in [0.2, 0.25) is 5.91 Å². The van der Waals surface area contributed by atoms with Gasteiger partial charge in [-0.25, -0.2) is 0 Å². The van der Waals surface area contributed by atoms with Gasteiger partial charge in [-0.05, 0) is 31.4 Å². The number of hydrogen-bond donors (Lipinski definition) is 2. The lowest BCUT2D eigenvalue weighted by Crippen LogP contribution is -2.34. The number of amides is 1. The Morgan fingerprint density at radius 2 is 2.21 bits per heavy atom. The van der Waals surface area contributed by atoms with Crippen molar-refractivity contribution in [1.29, 1.82) is 0 Å². The summed E-state index contributed by atoms with van der Waals surface area (Å²) in [6, 6.07) is 4.19. The van der Waals surface area contributed by atoms with Crippen molar-refractivity contribution in [2.45, 2.75) is 44.9 Å². The van der Waals surface area contributed by atoms with E-state index in [-0.39, 0.29) is 30.5 Å². The largest absolute Gasteiger partial charge is 0.364 e. The van der Waals surface area contributed by atoms with Crippen LogP contribution in [0.5, 0.6) is 0 Å². The first kappa shape index (κ1) is 16.4. The molecule has 1 aromatic rings. The summed E-state index contributed by atoms with van der Waals surface area (Å²) in [7, 11) is 0. The van der Waals surface area contributed by atoms with Crippen molar-refractivity contribution in [3.63, 3.8) is 0 Å². The van der Waals surface area contributed by atoms with E-state index in [0.717, 1.165) is 19.3 Å². The van der Waals surface area contributed by atoms with E-state index < -0.39 is 0 Å². The maximum absolute atomic E-state index is 11.9. The summed E-state index contributed by atoms with van der Waals surface area (Å²) < 4.78 is 5.55. The molecule has 0 aromatic carbocycles. The Morgan fingerprint density at radius 3 is 2.79 bits per heavy atom. The molecule has 2 heterocycles. The molecule has 2 atom stereocenters. The molecule has 0 spiro atoms. The molecular weight excluding hydrogens is 284 g/mol. The van der Waals surface area contributed by atoms with E-state index in [1.54, 1.807) is 11.3 Å². The average molecular weight is 305 g/mol. The zero-order chi connectivity index (χ0) is 13.0. The molecule has 0 unspecified atom stereocenters. The van der Waals surface area contributed by atoms with Gasteiger partial charge in [-0.1, -0.05) is 6.92 Å². The lowest BCUT2D eigenvalue weighted by molar-refractivity contribution is -0.132. The molecular formula is C13H21ClN2O2S. The molecule has 0 saturated carbocycles. The highest BCUT2D eigenvalue weighted by Crippen LogP contribution is 2.20. The normalized spacial score (nSPS) is 22.0. The topological polar surface area (TPSA) is 64.4 Å².